The van der Waals surface area contributed by atoms with Gasteiger partial charge in [-0.15, -0.1) is 0 Å². The average Bonchev–Trinajstić information content (AvgIpc) is 2.60. The minimum atomic E-state index is -0.453. The lowest BCUT2D eigenvalue weighted by molar-refractivity contribution is -0.0453. The molecule has 0 heterocycles. The molecule has 0 aromatic carbocycles. The van der Waals surface area contributed by atoms with Crippen molar-refractivity contribution in [2.45, 2.75) is 129 Å². The van der Waals surface area contributed by atoms with Gasteiger partial charge in [0.1, 0.15) is 6.23 Å². The van der Waals surface area contributed by atoms with Crippen molar-refractivity contribution in [1.29, 1.82) is 0 Å². The van der Waals surface area contributed by atoms with E-state index < -0.39 is 6.10 Å². The molecule has 0 bridgehead atoms. The highest BCUT2D eigenvalue weighted by molar-refractivity contribution is 4.58. The second-order valence-electron chi connectivity index (χ2n) is 7.62. The topological polar surface area (TPSA) is 41.5 Å². The zero-order chi connectivity index (χ0) is 18.6. The van der Waals surface area contributed by atoms with Gasteiger partial charge in [0.2, 0.25) is 0 Å². The lowest BCUT2D eigenvalue weighted by Crippen LogP contribution is -2.38. The van der Waals surface area contributed by atoms with Gasteiger partial charge in [-0.1, -0.05) is 103 Å². The molecule has 3 nitrogen and oxygen atoms in total. The van der Waals surface area contributed by atoms with Gasteiger partial charge in [-0.25, -0.2) is 0 Å². The molecule has 0 saturated carbocycles. The first-order valence-corrected chi connectivity index (χ1v) is 11.2. The number of ether oxygens (including phenoxy) is 1. The highest BCUT2D eigenvalue weighted by Crippen LogP contribution is 2.13. The van der Waals surface area contributed by atoms with E-state index in [-0.39, 0.29) is 6.23 Å². The summed E-state index contributed by atoms with van der Waals surface area (Å²) in [5.41, 5.74) is 0. The van der Waals surface area contributed by atoms with E-state index in [1.165, 1.54) is 96.3 Å². The molecule has 25 heavy (non-hydrogen) atoms. The number of hydrogen-bond acceptors (Lipinski definition) is 3. The Balaban J connectivity index is 3.09. The van der Waals surface area contributed by atoms with Crippen LogP contribution in [0.1, 0.15) is 117 Å². The molecular weight excluding hydrogens is 310 g/mol. The quantitative estimate of drug-likeness (QED) is 0.202. The summed E-state index contributed by atoms with van der Waals surface area (Å²) in [6, 6.07) is 0. The van der Waals surface area contributed by atoms with Crippen LogP contribution in [-0.4, -0.2) is 31.1 Å². The van der Waals surface area contributed by atoms with E-state index in [1.807, 2.05) is 7.05 Å². The maximum Gasteiger partial charge on any atom is 0.133 e. The molecule has 0 aromatic heterocycles. The number of nitrogens with one attached hydrogen (secondary N) is 1. The molecule has 0 fully saturated rings. The molecule has 2 atom stereocenters. The summed E-state index contributed by atoms with van der Waals surface area (Å²) in [6.45, 7) is 4.79. The molecule has 0 amide bonds. The summed E-state index contributed by atoms with van der Waals surface area (Å²) in [5.74, 6) is 0. The Morgan fingerprint density at radius 2 is 1.04 bits per heavy atom. The van der Waals surface area contributed by atoms with Gasteiger partial charge in [0.05, 0.1) is 6.10 Å². The average molecular weight is 358 g/mol. The zero-order valence-corrected chi connectivity index (χ0v) is 17.5. The van der Waals surface area contributed by atoms with Gasteiger partial charge in [-0.05, 0) is 20.4 Å². The smallest absolute Gasteiger partial charge is 0.133 e. The summed E-state index contributed by atoms with van der Waals surface area (Å²) in [7, 11) is 1.82. The molecule has 3 heteroatoms. The maximum atomic E-state index is 9.46. The Labute approximate surface area is 158 Å². The molecule has 2 unspecified atom stereocenters. The third-order valence-electron chi connectivity index (χ3n) is 5.02. The molecule has 0 aliphatic rings. The Morgan fingerprint density at radius 1 is 0.680 bits per heavy atom. The van der Waals surface area contributed by atoms with Crippen molar-refractivity contribution in [2.24, 2.45) is 0 Å². The summed E-state index contributed by atoms with van der Waals surface area (Å²) >= 11 is 0. The Morgan fingerprint density at radius 3 is 1.36 bits per heavy atom. The Bertz CT molecular complexity index is 246. The number of unbranched alkanes of at least 4 members (excludes halogenated alkanes) is 15. The van der Waals surface area contributed by atoms with Crippen LogP contribution in [0.2, 0.25) is 0 Å². The van der Waals surface area contributed by atoms with E-state index >= 15 is 0 Å². The summed E-state index contributed by atoms with van der Waals surface area (Å²) in [6.07, 6.45) is 21.5. The van der Waals surface area contributed by atoms with Crippen LogP contribution in [0.5, 0.6) is 0 Å². The van der Waals surface area contributed by atoms with Gasteiger partial charge in [-0.2, -0.15) is 0 Å². The van der Waals surface area contributed by atoms with E-state index in [2.05, 4.69) is 12.2 Å². The van der Waals surface area contributed by atoms with Crippen LogP contribution in [0, 0.1) is 0 Å². The highest BCUT2D eigenvalue weighted by atomic mass is 16.5. The normalized spacial score (nSPS) is 13.9. The van der Waals surface area contributed by atoms with Crippen LogP contribution in [0.4, 0.5) is 0 Å². The van der Waals surface area contributed by atoms with Crippen molar-refractivity contribution in [1.82, 2.24) is 5.32 Å². The standard InChI is InChI=1S/C22H47NO2/c1-4-5-6-7-8-9-10-11-12-13-14-15-16-17-18-19-20-25-22(23-3)21(2)24/h21-24H,4-20H2,1-3H3. The minimum Gasteiger partial charge on any atom is -0.389 e. The molecule has 0 radical (unpaired) electrons. The van der Waals surface area contributed by atoms with E-state index in [9.17, 15) is 5.11 Å². The number of likely N-dealkylation sites (N-methyl/N-ethyl adjacent to an activating group) is 1. The lowest BCUT2D eigenvalue weighted by atomic mass is 10.0. The summed E-state index contributed by atoms with van der Waals surface area (Å²) < 4.78 is 5.61. The van der Waals surface area contributed by atoms with Gasteiger partial charge in [0.25, 0.3) is 0 Å². The molecule has 0 spiro atoms. The molecule has 0 aromatic rings. The number of aliphatic hydroxyl groups is 1. The van der Waals surface area contributed by atoms with Gasteiger partial charge in [0.15, 0.2) is 0 Å². The molecule has 2 N–H and O–H groups in total. The van der Waals surface area contributed by atoms with E-state index in [4.69, 9.17) is 4.74 Å². The van der Waals surface area contributed by atoms with Gasteiger partial charge >= 0.3 is 0 Å². The zero-order valence-electron chi connectivity index (χ0n) is 17.5. The van der Waals surface area contributed by atoms with Crippen molar-refractivity contribution in [3.05, 3.63) is 0 Å². The Hall–Kier alpha value is -0.120. The van der Waals surface area contributed by atoms with Crippen LogP contribution < -0.4 is 5.32 Å². The van der Waals surface area contributed by atoms with Crippen LogP contribution >= 0.6 is 0 Å². The van der Waals surface area contributed by atoms with Crippen molar-refractivity contribution in [3.63, 3.8) is 0 Å². The maximum absolute atomic E-state index is 9.46. The SMILES string of the molecule is CCCCCCCCCCCCCCCCCCOC(NC)C(C)O. The predicted molar refractivity (Wildman–Crippen MR) is 110 cm³/mol. The number of rotatable bonds is 20. The number of aliphatic hydroxyl groups excluding tert-OH is 1. The van der Waals surface area contributed by atoms with E-state index in [0.717, 1.165) is 13.0 Å². The van der Waals surface area contributed by atoms with Crippen molar-refractivity contribution in [2.75, 3.05) is 13.7 Å². The molecular formula is C22H47NO2. The minimum absolute atomic E-state index is 0.226. The van der Waals surface area contributed by atoms with Gasteiger partial charge in [-0.3, -0.25) is 5.32 Å². The van der Waals surface area contributed by atoms with Crippen LogP contribution in [-0.2, 0) is 4.74 Å². The monoisotopic (exact) mass is 357 g/mol. The summed E-state index contributed by atoms with van der Waals surface area (Å²) in [4.78, 5) is 0. The first-order valence-electron chi connectivity index (χ1n) is 11.2. The second kappa shape index (κ2) is 20.2. The van der Waals surface area contributed by atoms with Crippen molar-refractivity contribution in [3.8, 4) is 0 Å². The predicted octanol–water partition coefficient (Wildman–Crippen LogP) is 6.19. The van der Waals surface area contributed by atoms with Crippen LogP contribution in [0.25, 0.3) is 0 Å². The lowest BCUT2D eigenvalue weighted by Gasteiger charge is -2.19. The van der Waals surface area contributed by atoms with Gasteiger partial charge in [0, 0.05) is 6.61 Å². The van der Waals surface area contributed by atoms with Crippen molar-refractivity contribution >= 4 is 0 Å². The van der Waals surface area contributed by atoms with Crippen LogP contribution in [0.15, 0.2) is 0 Å². The largest absolute Gasteiger partial charge is 0.389 e. The van der Waals surface area contributed by atoms with Gasteiger partial charge < -0.3 is 9.84 Å². The molecule has 152 valence electrons. The second-order valence-corrected chi connectivity index (χ2v) is 7.62. The number of hydrogen-bond donors (Lipinski definition) is 2. The third kappa shape index (κ3) is 18.5. The first kappa shape index (κ1) is 24.9. The fourth-order valence-electron chi connectivity index (χ4n) is 3.32. The molecule has 0 rings (SSSR count). The van der Waals surface area contributed by atoms with Crippen LogP contribution in [0.3, 0.4) is 0 Å². The first-order chi connectivity index (χ1) is 12.2. The third-order valence-corrected chi connectivity index (χ3v) is 5.02. The molecule has 0 aliphatic carbocycles. The molecule has 0 aliphatic heterocycles. The molecule has 0 saturated heterocycles. The van der Waals surface area contributed by atoms with Crippen molar-refractivity contribution < 1.29 is 9.84 Å². The fraction of sp³-hybridized carbons (Fsp3) is 1.00. The van der Waals surface area contributed by atoms with E-state index in [0.29, 0.717) is 0 Å². The van der Waals surface area contributed by atoms with E-state index in [1.54, 1.807) is 6.92 Å². The summed E-state index contributed by atoms with van der Waals surface area (Å²) in [5, 5.41) is 12.4. The fourth-order valence-corrected chi connectivity index (χ4v) is 3.32. The highest BCUT2D eigenvalue weighted by Gasteiger charge is 2.11. The Kier molecular flexibility index (Phi) is 20.1.